The van der Waals surface area contributed by atoms with Crippen LogP contribution in [-0.2, 0) is 4.79 Å². The van der Waals surface area contributed by atoms with Gasteiger partial charge in [-0.05, 0) is 44.9 Å². The molecule has 1 heterocycles. The van der Waals surface area contributed by atoms with E-state index in [9.17, 15) is 4.79 Å². The molecule has 1 atom stereocenters. The minimum absolute atomic E-state index is 0.304. The summed E-state index contributed by atoms with van der Waals surface area (Å²) in [5.74, 6) is 1.22. The van der Waals surface area contributed by atoms with E-state index < -0.39 is 0 Å². The fourth-order valence-corrected chi connectivity index (χ4v) is 3.16. The van der Waals surface area contributed by atoms with E-state index in [0.717, 1.165) is 19.0 Å². The van der Waals surface area contributed by atoms with E-state index in [1.807, 2.05) is 6.92 Å². The topological polar surface area (TPSA) is 32.3 Å². The highest BCUT2D eigenvalue weighted by Crippen LogP contribution is 2.32. The zero-order valence-corrected chi connectivity index (χ0v) is 11.5. The van der Waals surface area contributed by atoms with Gasteiger partial charge in [-0.15, -0.1) is 0 Å². The number of carbonyl (C=O) groups is 1. The van der Waals surface area contributed by atoms with Crippen LogP contribution < -0.4 is 5.32 Å². The lowest BCUT2D eigenvalue weighted by Crippen LogP contribution is -2.45. The van der Waals surface area contributed by atoms with Gasteiger partial charge in [0.1, 0.15) is 0 Å². The maximum atomic E-state index is 12.4. The number of nitrogens with zero attached hydrogens (tertiary/aromatic N) is 1. The first-order chi connectivity index (χ1) is 8.10. The Morgan fingerprint density at radius 2 is 1.94 bits per heavy atom. The van der Waals surface area contributed by atoms with Gasteiger partial charge in [-0.3, -0.25) is 10.1 Å². The Morgan fingerprint density at radius 3 is 2.41 bits per heavy atom. The zero-order valence-electron chi connectivity index (χ0n) is 11.5. The van der Waals surface area contributed by atoms with Gasteiger partial charge in [-0.1, -0.05) is 20.3 Å². The zero-order chi connectivity index (χ0) is 12.5. The van der Waals surface area contributed by atoms with E-state index in [4.69, 9.17) is 0 Å². The molecule has 1 N–H and O–H groups in total. The second-order valence-corrected chi connectivity index (χ2v) is 5.88. The van der Waals surface area contributed by atoms with E-state index in [1.165, 1.54) is 32.1 Å². The number of carbonyl (C=O) groups excluding carboxylic acids is 1. The van der Waals surface area contributed by atoms with Crippen molar-refractivity contribution in [1.82, 2.24) is 10.2 Å². The van der Waals surface area contributed by atoms with E-state index in [0.29, 0.717) is 11.9 Å². The lowest BCUT2D eigenvalue weighted by atomic mass is 9.83. The molecule has 0 spiro atoms. The molecular formula is C14H26N2O. The van der Waals surface area contributed by atoms with E-state index in [-0.39, 0.29) is 5.54 Å². The Bertz CT molecular complexity index is 284. The summed E-state index contributed by atoms with van der Waals surface area (Å²) >= 11 is 0. The van der Waals surface area contributed by atoms with Crippen LogP contribution >= 0.6 is 0 Å². The summed E-state index contributed by atoms with van der Waals surface area (Å²) in [4.78, 5) is 14.5. The molecule has 1 aliphatic carbocycles. The molecule has 0 aromatic rings. The molecule has 17 heavy (non-hydrogen) atoms. The van der Waals surface area contributed by atoms with Crippen molar-refractivity contribution < 1.29 is 4.79 Å². The van der Waals surface area contributed by atoms with Gasteiger partial charge in [0.05, 0.1) is 12.2 Å². The molecule has 3 heteroatoms. The van der Waals surface area contributed by atoms with Gasteiger partial charge >= 0.3 is 0 Å². The van der Waals surface area contributed by atoms with Crippen molar-refractivity contribution in [3.05, 3.63) is 0 Å². The van der Waals surface area contributed by atoms with Crippen LogP contribution in [0, 0.1) is 5.92 Å². The number of nitrogens with one attached hydrogen (secondary N) is 1. The minimum atomic E-state index is -0.304. The average Bonchev–Trinajstić information content (AvgIpc) is 2.67. The Labute approximate surface area is 105 Å². The highest BCUT2D eigenvalue weighted by Gasteiger charge is 2.43. The number of rotatable bonds is 3. The van der Waals surface area contributed by atoms with Crippen molar-refractivity contribution in [2.45, 2.75) is 70.9 Å². The second kappa shape index (κ2) is 4.97. The van der Waals surface area contributed by atoms with Crippen molar-refractivity contribution in [2.75, 3.05) is 6.67 Å². The van der Waals surface area contributed by atoms with Crippen LogP contribution in [-0.4, -0.2) is 29.1 Å². The lowest BCUT2D eigenvalue weighted by Gasteiger charge is -2.34. The third-order valence-corrected chi connectivity index (χ3v) is 4.91. The molecule has 1 saturated heterocycles. The Balaban J connectivity index is 1.95. The van der Waals surface area contributed by atoms with Gasteiger partial charge in [-0.2, -0.15) is 0 Å². The molecule has 1 saturated carbocycles. The molecule has 1 unspecified atom stereocenters. The van der Waals surface area contributed by atoms with E-state index in [2.05, 4.69) is 24.1 Å². The van der Waals surface area contributed by atoms with E-state index in [1.54, 1.807) is 0 Å². The third kappa shape index (κ3) is 2.35. The van der Waals surface area contributed by atoms with Gasteiger partial charge in [0, 0.05) is 6.04 Å². The largest absolute Gasteiger partial charge is 0.325 e. The van der Waals surface area contributed by atoms with Gasteiger partial charge in [-0.25, -0.2) is 0 Å². The van der Waals surface area contributed by atoms with Gasteiger partial charge in [0.15, 0.2) is 0 Å². The monoisotopic (exact) mass is 238 g/mol. The van der Waals surface area contributed by atoms with Gasteiger partial charge < -0.3 is 4.90 Å². The molecule has 0 aromatic heterocycles. The van der Waals surface area contributed by atoms with Gasteiger partial charge in [0.2, 0.25) is 5.91 Å². The molecule has 1 amide bonds. The molecule has 0 radical (unpaired) electrons. The molecule has 1 aliphatic heterocycles. The van der Waals surface area contributed by atoms with Crippen LogP contribution in [0.2, 0.25) is 0 Å². The molecule has 98 valence electrons. The molecule has 2 fully saturated rings. The van der Waals surface area contributed by atoms with Crippen LogP contribution in [0.5, 0.6) is 0 Å². The van der Waals surface area contributed by atoms with Gasteiger partial charge in [0.25, 0.3) is 0 Å². The fourth-order valence-electron chi connectivity index (χ4n) is 3.16. The van der Waals surface area contributed by atoms with Crippen LogP contribution in [0.25, 0.3) is 0 Å². The molecular weight excluding hydrogens is 212 g/mol. The van der Waals surface area contributed by atoms with Crippen molar-refractivity contribution >= 4 is 5.91 Å². The minimum Gasteiger partial charge on any atom is -0.325 e. The summed E-state index contributed by atoms with van der Waals surface area (Å²) in [7, 11) is 0. The Kier molecular flexibility index (Phi) is 3.76. The molecule has 3 nitrogen and oxygen atoms in total. The predicted octanol–water partition coefficient (Wildman–Crippen LogP) is 2.51. The summed E-state index contributed by atoms with van der Waals surface area (Å²) < 4.78 is 0. The number of hydrogen-bond acceptors (Lipinski definition) is 2. The first-order valence-corrected chi connectivity index (χ1v) is 7.16. The standard InChI is InChI=1S/C14H26N2O/c1-4-11-6-8-12(9-7-11)16-10-15-14(3,5-2)13(16)17/h11-12,15H,4-10H2,1-3H3. The summed E-state index contributed by atoms with van der Waals surface area (Å²) in [6.45, 7) is 7.15. The first kappa shape index (κ1) is 12.9. The first-order valence-electron chi connectivity index (χ1n) is 7.16. The second-order valence-electron chi connectivity index (χ2n) is 5.88. The summed E-state index contributed by atoms with van der Waals surface area (Å²) in [6.07, 6.45) is 7.18. The summed E-state index contributed by atoms with van der Waals surface area (Å²) in [6, 6.07) is 0.492. The highest BCUT2D eigenvalue weighted by molar-refractivity contribution is 5.88. The maximum absolute atomic E-state index is 12.4. The highest BCUT2D eigenvalue weighted by atomic mass is 16.2. The Morgan fingerprint density at radius 1 is 1.29 bits per heavy atom. The summed E-state index contributed by atoms with van der Waals surface area (Å²) in [5.41, 5.74) is -0.304. The molecule has 2 rings (SSSR count). The fraction of sp³-hybridized carbons (Fsp3) is 0.929. The van der Waals surface area contributed by atoms with Crippen molar-refractivity contribution in [3.8, 4) is 0 Å². The third-order valence-electron chi connectivity index (χ3n) is 4.91. The summed E-state index contributed by atoms with van der Waals surface area (Å²) in [5, 5.41) is 3.38. The smallest absolute Gasteiger partial charge is 0.243 e. The van der Waals surface area contributed by atoms with Crippen LogP contribution in [0.3, 0.4) is 0 Å². The normalized spacial score (nSPS) is 38.8. The average molecular weight is 238 g/mol. The van der Waals surface area contributed by atoms with E-state index >= 15 is 0 Å². The quantitative estimate of drug-likeness (QED) is 0.819. The SMILES string of the molecule is CCC1CCC(N2CNC(C)(CC)C2=O)CC1. The van der Waals surface area contributed by atoms with Crippen LogP contribution in [0.4, 0.5) is 0 Å². The maximum Gasteiger partial charge on any atom is 0.243 e. The van der Waals surface area contributed by atoms with Crippen molar-refractivity contribution in [3.63, 3.8) is 0 Å². The Hall–Kier alpha value is -0.570. The van der Waals surface area contributed by atoms with Crippen LogP contribution in [0.1, 0.15) is 59.3 Å². The molecule has 2 aliphatic rings. The van der Waals surface area contributed by atoms with Crippen molar-refractivity contribution in [2.24, 2.45) is 5.92 Å². The molecule has 0 aromatic carbocycles. The molecule has 0 bridgehead atoms. The number of amides is 1. The number of hydrogen-bond donors (Lipinski definition) is 1. The van der Waals surface area contributed by atoms with Crippen molar-refractivity contribution in [1.29, 1.82) is 0 Å². The lowest BCUT2D eigenvalue weighted by molar-refractivity contribution is -0.134. The predicted molar refractivity (Wildman–Crippen MR) is 69.6 cm³/mol. The van der Waals surface area contributed by atoms with Crippen LogP contribution in [0.15, 0.2) is 0 Å².